The Morgan fingerprint density at radius 3 is 1.63 bits per heavy atom. The van der Waals surface area contributed by atoms with Crippen molar-refractivity contribution in [3.63, 3.8) is 0 Å². The molecule has 100 valence electrons. The fraction of sp³-hybridized carbons (Fsp3) is 0.143. The fourth-order valence-electron chi connectivity index (χ4n) is 0.943. The van der Waals surface area contributed by atoms with E-state index in [9.17, 15) is 9.46 Å². The summed E-state index contributed by atoms with van der Waals surface area (Å²) in [6.07, 6.45) is 0. The van der Waals surface area contributed by atoms with Crippen LogP contribution in [0.15, 0.2) is 48.3 Å². The molecule has 1 N–H and O–H groups in total. The van der Waals surface area contributed by atoms with Gasteiger partial charge in [-0.05, 0) is 37.9 Å². The van der Waals surface area contributed by atoms with E-state index >= 15 is 0 Å². The first kappa shape index (κ1) is 4.37. The van der Waals surface area contributed by atoms with Crippen LogP contribution in [0.25, 0.3) is 0 Å². The summed E-state index contributed by atoms with van der Waals surface area (Å²) >= 11 is 0. The SMILES string of the molecule is [2H]c1c([2H])c(C([2H])([2H])[2H])c([2H])c([2H])c1OP(=O)(O)Oc1c([2H])c([2H])c(C([2H])([2H])[2H])c([2H])c1[2H]. The van der Waals surface area contributed by atoms with Gasteiger partial charge in [0, 0.05) is 8.22 Å². The second-order valence-corrected chi connectivity index (χ2v) is 4.36. The van der Waals surface area contributed by atoms with Crippen LogP contribution in [0.5, 0.6) is 11.5 Å². The van der Waals surface area contributed by atoms with Gasteiger partial charge < -0.3 is 9.05 Å². The molecule has 2 aromatic rings. The standard InChI is InChI=1S/C14H15O4P/c1-11-3-7-13(8-4-11)17-19(15,16)18-14-9-5-12(2)6-10-14/h3-10H,1-2H3,(H,15,16)/i1D3,2D3,3D,4D,5D,6D,7D,8D,9D,10D. The maximum Gasteiger partial charge on any atom is 0.584 e. The van der Waals surface area contributed by atoms with Crippen LogP contribution in [0.3, 0.4) is 0 Å². The van der Waals surface area contributed by atoms with Crippen LogP contribution in [0.1, 0.15) is 30.3 Å². The Morgan fingerprint density at radius 2 is 1.32 bits per heavy atom. The number of phosphoric acid groups is 1. The summed E-state index contributed by atoms with van der Waals surface area (Å²) in [5.74, 6) is -2.34. The largest absolute Gasteiger partial charge is 0.584 e. The van der Waals surface area contributed by atoms with Gasteiger partial charge in [-0.1, -0.05) is 35.3 Å². The van der Waals surface area contributed by atoms with Gasteiger partial charge in [-0.15, -0.1) is 0 Å². The lowest BCUT2D eigenvalue weighted by Crippen LogP contribution is -1.99. The molecular weight excluding hydrogens is 263 g/mol. The third-order valence-electron chi connectivity index (χ3n) is 1.62. The van der Waals surface area contributed by atoms with E-state index in [4.69, 9.17) is 19.2 Å². The summed E-state index contributed by atoms with van der Waals surface area (Å²) in [5.41, 5.74) is -1.92. The lowest BCUT2D eigenvalue weighted by Gasteiger charge is -2.13. The third kappa shape index (κ3) is 4.12. The Morgan fingerprint density at radius 1 is 0.947 bits per heavy atom. The summed E-state index contributed by atoms with van der Waals surface area (Å²) < 4.78 is 128. The van der Waals surface area contributed by atoms with Crippen LogP contribution in [-0.2, 0) is 4.57 Å². The van der Waals surface area contributed by atoms with Gasteiger partial charge in [0.15, 0.2) is 0 Å². The zero-order valence-electron chi connectivity index (χ0n) is 23.1. The molecule has 2 rings (SSSR count). The van der Waals surface area contributed by atoms with Gasteiger partial charge in [-0.25, -0.2) is 4.57 Å². The van der Waals surface area contributed by atoms with E-state index in [1.165, 1.54) is 0 Å². The highest BCUT2D eigenvalue weighted by Crippen LogP contribution is 2.44. The van der Waals surface area contributed by atoms with Crippen molar-refractivity contribution in [1.82, 2.24) is 0 Å². The highest BCUT2D eigenvalue weighted by Gasteiger charge is 2.24. The number of phosphoric ester groups is 1. The lowest BCUT2D eigenvalue weighted by atomic mass is 10.2. The summed E-state index contributed by atoms with van der Waals surface area (Å²) in [6, 6.07) is -8.80. The highest BCUT2D eigenvalue weighted by molar-refractivity contribution is 7.48. The monoisotopic (exact) mass is 292 g/mol. The Hall–Kier alpha value is -1.77. The molecule has 0 spiro atoms. The molecule has 19 heavy (non-hydrogen) atoms. The van der Waals surface area contributed by atoms with Crippen molar-refractivity contribution in [2.24, 2.45) is 0 Å². The van der Waals surface area contributed by atoms with Crippen LogP contribution < -0.4 is 9.05 Å². The van der Waals surface area contributed by atoms with E-state index in [2.05, 4.69) is 9.05 Å². The Balaban J connectivity index is 2.59. The summed E-state index contributed by atoms with van der Waals surface area (Å²) in [7, 11) is -5.53. The minimum Gasteiger partial charge on any atom is -0.395 e. The fourth-order valence-corrected chi connectivity index (χ4v) is 1.62. The second-order valence-electron chi connectivity index (χ2n) is 3.06. The molecular formula is C14H15O4P. The molecule has 0 aromatic heterocycles. The topological polar surface area (TPSA) is 55.8 Å². The number of hydrogen-bond donors (Lipinski definition) is 1. The average Bonchev–Trinajstić information content (AvgIpc) is 2.63. The maximum atomic E-state index is 12.5. The van der Waals surface area contributed by atoms with E-state index in [1.54, 1.807) is 0 Å². The molecule has 0 atom stereocenters. The minimum atomic E-state index is -5.53. The van der Waals surface area contributed by atoms with E-state index in [-0.39, 0.29) is 0 Å². The van der Waals surface area contributed by atoms with E-state index in [0.29, 0.717) is 0 Å². The molecule has 0 aliphatic rings. The molecule has 0 heterocycles. The van der Waals surface area contributed by atoms with Crippen molar-refractivity contribution in [3.05, 3.63) is 59.5 Å². The number of benzene rings is 2. The van der Waals surface area contributed by atoms with Crippen molar-refractivity contribution in [2.45, 2.75) is 13.7 Å². The van der Waals surface area contributed by atoms with Crippen LogP contribution in [0.2, 0.25) is 0 Å². The first-order chi connectivity index (χ1) is 14.7. The van der Waals surface area contributed by atoms with Crippen molar-refractivity contribution < 1.29 is 37.7 Å². The van der Waals surface area contributed by atoms with E-state index in [1.807, 2.05) is 0 Å². The lowest BCUT2D eigenvalue weighted by molar-refractivity contribution is 0.291. The second kappa shape index (κ2) is 5.47. The van der Waals surface area contributed by atoms with Crippen molar-refractivity contribution >= 4 is 7.82 Å². The first-order valence-corrected chi connectivity index (χ1v) is 6.15. The predicted molar refractivity (Wildman–Crippen MR) is 73.4 cm³/mol. The summed E-state index contributed by atoms with van der Waals surface area (Å²) in [5, 5.41) is 0. The van der Waals surface area contributed by atoms with Gasteiger partial charge in [0.25, 0.3) is 0 Å². The molecule has 0 aliphatic heterocycles. The number of rotatable bonds is 4. The molecule has 0 bridgehead atoms. The van der Waals surface area contributed by atoms with Crippen molar-refractivity contribution in [3.8, 4) is 11.5 Å². The minimum absolute atomic E-state index is 0.960. The summed E-state index contributed by atoms with van der Waals surface area (Å²) in [4.78, 5) is 10.1. The van der Waals surface area contributed by atoms with Crippen LogP contribution in [0, 0.1) is 13.7 Å². The van der Waals surface area contributed by atoms with Crippen LogP contribution in [0.4, 0.5) is 0 Å². The highest BCUT2D eigenvalue weighted by atomic mass is 31.2. The van der Waals surface area contributed by atoms with E-state index < -0.39 is 92.5 Å². The van der Waals surface area contributed by atoms with Crippen molar-refractivity contribution in [2.75, 3.05) is 0 Å². The number of hydrogen-bond acceptors (Lipinski definition) is 3. The maximum absolute atomic E-state index is 12.5. The molecule has 0 radical (unpaired) electrons. The van der Waals surface area contributed by atoms with Gasteiger partial charge in [-0.2, -0.15) is 0 Å². The van der Waals surface area contributed by atoms with Gasteiger partial charge >= 0.3 is 7.82 Å². The molecule has 0 saturated carbocycles. The third-order valence-corrected chi connectivity index (χ3v) is 2.44. The normalized spacial score (nSPS) is 23.0. The van der Waals surface area contributed by atoms with Gasteiger partial charge in [0.2, 0.25) is 0 Å². The van der Waals surface area contributed by atoms with Crippen molar-refractivity contribution in [1.29, 1.82) is 0 Å². The van der Waals surface area contributed by atoms with Crippen LogP contribution in [-0.4, -0.2) is 4.89 Å². The smallest absolute Gasteiger partial charge is 0.395 e. The molecule has 0 fully saturated rings. The Labute approximate surface area is 131 Å². The molecule has 4 nitrogen and oxygen atoms in total. The molecule has 5 heteroatoms. The Kier molecular flexibility index (Phi) is 1.26. The van der Waals surface area contributed by atoms with Gasteiger partial charge in [0.05, 0.1) is 11.0 Å². The molecule has 0 aliphatic carbocycles. The zero-order valence-corrected chi connectivity index (χ0v) is 10.0. The average molecular weight is 292 g/mol. The quantitative estimate of drug-likeness (QED) is 0.869. The molecule has 0 amide bonds. The van der Waals surface area contributed by atoms with E-state index in [0.717, 1.165) is 0 Å². The Bertz CT molecular complexity index is 1030. The van der Waals surface area contributed by atoms with Gasteiger partial charge in [-0.3, -0.25) is 4.89 Å². The van der Waals surface area contributed by atoms with Crippen LogP contribution >= 0.6 is 7.82 Å². The predicted octanol–water partition coefficient (Wildman–Crippen LogP) is 3.86. The molecule has 0 saturated heterocycles. The molecule has 2 aromatic carbocycles. The zero-order chi connectivity index (χ0) is 25.8. The first-order valence-electron chi connectivity index (χ1n) is 11.7. The molecule has 0 unspecified atom stereocenters. The van der Waals surface area contributed by atoms with Gasteiger partial charge in [0.1, 0.15) is 11.5 Å². The summed E-state index contributed by atoms with van der Waals surface area (Å²) in [6.45, 7) is -6.09.